The highest BCUT2D eigenvalue weighted by Crippen LogP contribution is 2.52. The zero-order valence-electron chi connectivity index (χ0n) is 23.6. The molecule has 0 radical (unpaired) electrons. The van der Waals surface area contributed by atoms with Gasteiger partial charge in [-0.2, -0.15) is 0 Å². The Labute approximate surface area is 227 Å². The van der Waals surface area contributed by atoms with Crippen LogP contribution in [-0.2, 0) is 30.4 Å². The maximum absolute atomic E-state index is 14.1. The number of hydrogen-bond acceptors (Lipinski definition) is 5. The molecule has 1 aromatic carbocycles. The van der Waals surface area contributed by atoms with Crippen molar-refractivity contribution in [3.05, 3.63) is 47.7 Å². The maximum Gasteiger partial charge on any atom is 0.320 e. The quantitative estimate of drug-likeness (QED) is 0.508. The van der Waals surface area contributed by atoms with E-state index in [9.17, 15) is 14.4 Å². The van der Waals surface area contributed by atoms with Crippen molar-refractivity contribution in [1.82, 2.24) is 10.2 Å². The van der Waals surface area contributed by atoms with Crippen LogP contribution >= 0.6 is 0 Å². The molecule has 2 fully saturated rings. The standard InChI is InChI=1S/C31H44N2O5/c1-21-31(29(36)37-5)18-24(16-27(34)32-19-22-12-8-6-9-13-22)28(35)33(20-23-14-10-7-11-15-23)25(31)17-26(38-21)30(2,3)4/h7,10-11,14-15,17,21-22,24,26H,6,8-9,12-13,16,18-20H2,1-5H3,(H,32,34)/t21-,24+,26-,31+/m1/s1. The smallest absolute Gasteiger partial charge is 0.320 e. The topological polar surface area (TPSA) is 84.9 Å². The number of nitrogens with zero attached hydrogens (tertiary/aromatic N) is 1. The summed E-state index contributed by atoms with van der Waals surface area (Å²) < 4.78 is 11.8. The average molecular weight is 525 g/mol. The van der Waals surface area contributed by atoms with E-state index in [-0.39, 0.29) is 36.2 Å². The molecule has 3 aliphatic rings. The molecular formula is C31H44N2O5. The summed E-state index contributed by atoms with van der Waals surface area (Å²) in [5, 5.41) is 3.08. The van der Waals surface area contributed by atoms with Crippen LogP contribution in [-0.4, -0.2) is 48.5 Å². The summed E-state index contributed by atoms with van der Waals surface area (Å²) in [6.07, 6.45) is 7.30. The number of hydrogen-bond donors (Lipinski definition) is 1. The van der Waals surface area contributed by atoms with E-state index in [0.29, 0.717) is 24.7 Å². The first-order valence-corrected chi connectivity index (χ1v) is 14.1. The molecular weight excluding hydrogens is 480 g/mol. The number of piperidine rings is 1. The number of fused-ring (bicyclic) bond motifs is 1. The molecule has 1 saturated carbocycles. The molecule has 0 bridgehead atoms. The van der Waals surface area contributed by atoms with Crippen LogP contribution in [0, 0.1) is 22.7 Å². The minimum Gasteiger partial charge on any atom is -0.468 e. The summed E-state index contributed by atoms with van der Waals surface area (Å²) in [6, 6.07) is 9.75. The average Bonchev–Trinajstić information content (AvgIpc) is 2.90. The Hall–Kier alpha value is -2.67. The van der Waals surface area contributed by atoms with E-state index in [4.69, 9.17) is 9.47 Å². The van der Waals surface area contributed by atoms with Gasteiger partial charge in [0.1, 0.15) is 5.41 Å². The van der Waals surface area contributed by atoms with E-state index < -0.39 is 23.4 Å². The second-order valence-electron chi connectivity index (χ2n) is 12.4. The summed E-state index contributed by atoms with van der Waals surface area (Å²) in [6.45, 7) is 9.09. The van der Waals surface area contributed by atoms with Gasteiger partial charge in [0, 0.05) is 24.6 Å². The summed E-state index contributed by atoms with van der Waals surface area (Å²) in [5.74, 6) is -0.853. The SMILES string of the molecule is COC(=O)[C@]12C[C@H](CC(=O)NCC3CCCCC3)C(=O)N(Cc3ccccc3)C1=C[C@H](C(C)(C)C)O[C@@H]2C. The van der Waals surface area contributed by atoms with Crippen molar-refractivity contribution in [2.24, 2.45) is 22.7 Å². The molecule has 38 heavy (non-hydrogen) atoms. The van der Waals surface area contributed by atoms with Crippen molar-refractivity contribution in [1.29, 1.82) is 0 Å². The number of benzene rings is 1. The van der Waals surface area contributed by atoms with Gasteiger partial charge in [-0.05, 0) is 49.2 Å². The van der Waals surface area contributed by atoms with E-state index in [1.807, 2.05) is 43.3 Å². The van der Waals surface area contributed by atoms with Gasteiger partial charge in [0.2, 0.25) is 11.8 Å². The van der Waals surface area contributed by atoms with Crippen molar-refractivity contribution in [3.63, 3.8) is 0 Å². The molecule has 0 unspecified atom stereocenters. The van der Waals surface area contributed by atoms with Gasteiger partial charge in [0.15, 0.2) is 0 Å². The van der Waals surface area contributed by atoms with Crippen molar-refractivity contribution < 1.29 is 23.9 Å². The van der Waals surface area contributed by atoms with Gasteiger partial charge in [0.25, 0.3) is 0 Å². The lowest BCUT2D eigenvalue weighted by atomic mass is 9.65. The predicted octanol–water partition coefficient (Wildman–Crippen LogP) is 5.00. The molecule has 1 saturated heterocycles. The lowest BCUT2D eigenvalue weighted by Crippen LogP contribution is -2.61. The lowest BCUT2D eigenvalue weighted by Gasteiger charge is -2.53. The fraction of sp³-hybridized carbons (Fsp3) is 0.645. The van der Waals surface area contributed by atoms with Crippen molar-refractivity contribution in [2.75, 3.05) is 13.7 Å². The number of esters is 1. The molecule has 1 aliphatic carbocycles. The summed E-state index contributed by atoms with van der Waals surface area (Å²) >= 11 is 0. The van der Waals surface area contributed by atoms with Crippen LogP contribution in [0.1, 0.15) is 78.2 Å². The fourth-order valence-corrected chi connectivity index (χ4v) is 6.32. The van der Waals surface area contributed by atoms with Gasteiger partial charge in [0.05, 0.1) is 25.9 Å². The monoisotopic (exact) mass is 524 g/mol. The Morgan fingerprint density at radius 2 is 1.82 bits per heavy atom. The number of nitrogens with one attached hydrogen (secondary N) is 1. The molecule has 7 heteroatoms. The molecule has 2 amide bonds. The minimum atomic E-state index is -1.17. The van der Waals surface area contributed by atoms with Gasteiger partial charge < -0.3 is 19.7 Å². The molecule has 0 spiro atoms. The Morgan fingerprint density at radius 1 is 1.13 bits per heavy atom. The summed E-state index contributed by atoms with van der Waals surface area (Å²) in [5.41, 5.74) is 0.180. The van der Waals surface area contributed by atoms with Crippen LogP contribution in [0.2, 0.25) is 0 Å². The number of methoxy groups -OCH3 is 1. The second kappa shape index (κ2) is 11.6. The third kappa shape index (κ3) is 5.83. The van der Waals surface area contributed by atoms with Crippen LogP contribution in [0.5, 0.6) is 0 Å². The molecule has 1 aromatic rings. The number of amides is 2. The van der Waals surface area contributed by atoms with E-state index in [2.05, 4.69) is 26.1 Å². The normalized spacial score (nSPS) is 28.3. The highest BCUT2D eigenvalue weighted by molar-refractivity contribution is 5.92. The predicted molar refractivity (Wildman–Crippen MR) is 146 cm³/mol. The Bertz CT molecular complexity index is 1040. The first-order valence-electron chi connectivity index (χ1n) is 14.1. The maximum atomic E-state index is 14.1. The third-order valence-corrected chi connectivity index (χ3v) is 8.62. The van der Waals surface area contributed by atoms with Crippen molar-refractivity contribution in [2.45, 2.75) is 91.4 Å². The van der Waals surface area contributed by atoms with Crippen LogP contribution in [0.4, 0.5) is 0 Å². The first kappa shape index (κ1) is 28.3. The molecule has 0 aromatic heterocycles. The second-order valence-corrected chi connectivity index (χ2v) is 12.4. The van der Waals surface area contributed by atoms with Crippen LogP contribution in [0.15, 0.2) is 42.1 Å². The van der Waals surface area contributed by atoms with E-state index >= 15 is 0 Å². The van der Waals surface area contributed by atoms with Crippen molar-refractivity contribution >= 4 is 17.8 Å². The van der Waals surface area contributed by atoms with Crippen molar-refractivity contribution in [3.8, 4) is 0 Å². The number of carbonyl (C=O) groups is 3. The summed E-state index contributed by atoms with van der Waals surface area (Å²) in [7, 11) is 1.38. The third-order valence-electron chi connectivity index (χ3n) is 8.62. The zero-order chi connectivity index (χ0) is 27.5. The Kier molecular flexibility index (Phi) is 8.65. The molecule has 4 rings (SSSR count). The zero-order valence-corrected chi connectivity index (χ0v) is 23.6. The molecule has 208 valence electrons. The molecule has 4 atom stereocenters. The van der Waals surface area contributed by atoms with E-state index in [0.717, 1.165) is 18.4 Å². The molecule has 1 N–H and O–H groups in total. The molecule has 2 heterocycles. The van der Waals surface area contributed by atoms with Gasteiger partial charge in [-0.25, -0.2) is 0 Å². The number of likely N-dealkylation sites (tertiary alicyclic amines) is 1. The number of rotatable bonds is 7. The van der Waals surface area contributed by atoms with Crippen LogP contribution in [0.25, 0.3) is 0 Å². The number of ether oxygens (including phenoxy) is 2. The fourth-order valence-electron chi connectivity index (χ4n) is 6.32. The van der Waals surface area contributed by atoms with Crippen LogP contribution < -0.4 is 5.32 Å². The summed E-state index contributed by atoms with van der Waals surface area (Å²) in [4.78, 5) is 42.4. The van der Waals surface area contributed by atoms with Gasteiger partial charge in [-0.1, -0.05) is 70.4 Å². The largest absolute Gasteiger partial charge is 0.468 e. The molecule has 7 nitrogen and oxygen atoms in total. The Morgan fingerprint density at radius 3 is 2.45 bits per heavy atom. The lowest BCUT2D eigenvalue weighted by molar-refractivity contribution is -0.180. The van der Waals surface area contributed by atoms with Crippen LogP contribution in [0.3, 0.4) is 0 Å². The van der Waals surface area contributed by atoms with Gasteiger partial charge in [-0.15, -0.1) is 0 Å². The highest BCUT2D eigenvalue weighted by atomic mass is 16.5. The highest BCUT2D eigenvalue weighted by Gasteiger charge is 2.60. The molecule has 2 aliphatic heterocycles. The number of carbonyl (C=O) groups excluding carboxylic acids is 3. The van der Waals surface area contributed by atoms with E-state index in [1.165, 1.54) is 26.4 Å². The Balaban J connectivity index is 1.67. The van der Waals surface area contributed by atoms with E-state index in [1.54, 1.807) is 4.90 Å². The minimum absolute atomic E-state index is 0.0400. The first-order chi connectivity index (χ1) is 18.1. The van der Waals surface area contributed by atoms with Gasteiger partial charge in [-0.3, -0.25) is 14.4 Å². The van der Waals surface area contributed by atoms with Gasteiger partial charge >= 0.3 is 5.97 Å².